The van der Waals surface area contributed by atoms with Crippen LogP contribution >= 0.6 is 46.6 Å². The van der Waals surface area contributed by atoms with Crippen molar-refractivity contribution in [2.24, 2.45) is 4.99 Å². The van der Waals surface area contributed by atoms with Crippen LogP contribution in [0.25, 0.3) is 17.4 Å². The van der Waals surface area contributed by atoms with Gasteiger partial charge < -0.3 is 9.73 Å². The van der Waals surface area contributed by atoms with Crippen molar-refractivity contribution in [2.75, 3.05) is 0 Å². The summed E-state index contributed by atoms with van der Waals surface area (Å²) in [4.78, 5) is 16.9. The summed E-state index contributed by atoms with van der Waals surface area (Å²) in [6, 6.07) is 12.6. The van der Waals surface area contributed by atoms with Crippen molar-refractivity contribution in [2.45, 2.75) is 0 Å². The molecular weight excluding hydrogens is 458 g/mol. The van der Waals surface area contributed by atoms with Gasteiger partial charge in [0.25, 0.3) is 5.91 Å². The third-order valence-corrected chi connectivity index (χ3v) is 5.64. The van der Waals surface area contributed by atoms with Crippen LogP contribution in [0.5, 0.6) is 0 Å². The number of halogens is 4. The summed E-state index contributed by atoms with van der Waals surface area (Å²) in [6.45, 7) is 0. The van der Waals surface area contributed by atoms with E-state index in [0.29, 0.717) is 42.9 Å². The number of rotatable bonds is 3. The summed E-state index contributed by atoms with van der Waals surface area (Å²) in [5.74, 6) is 0.149. The van der Waals surface area contributed by atoms with Gasteiger partial charge in [0.2, 0.25) is 0 Å². The first-order valence-corrected chi connectivity index (χ1v) is 10.1. The molecule has 1 N–H and O–H groups in total. The summed E-state index contributed by atoms with van der Waals surface area (Å²) >= 11 is 19.1. The van der Waals surface area contributed by atoms with E-state index in [2.05, 4.69) is 10.3 Å². The molecule has 0 atom stereocenters. The highest BCUT2D eigenvalue weighted by Crippen LogP contribution is 2.34. The van der Waals surface area contributed by atoms with Gasteiger partial charge in [-0.05, 0) is 60.3 Å². The molecule has 1 fully saturated rings. The van der Waals surface area contributed by atoms with Crippen molar-refractivity contribution < 1.29 is 13.6 Å². The number of hydrogen-bond donors (Lipinski definition) is 1. The SMILES string of the molecule is O=C1NC(=Nc2ccc(F)c(Cl)c2)S/C1=C/c1ccc(-c2cc(Cl)ccc2Cl)o1. The van der Waals surface area contributed by atoms with Crippen LogP contribution in [0.3, 0.4) is 0 Å². The Kier molecular flexibility index (Phi) is 5.69. The second kappa shape index (κ2) is 8.24. The summed E-state index contributed by atoms with van der Waals surface area (Å²) in [5.41, 5.74) is 1.08. The zero-order valence-corrected chi connectivity index (χ0v) is 17.5. The Morgan fingerprint density at radius 3 is 2.66 bits per heavy atom. The fourth-order valence-corrected chi connectivity index (χ4v) is 3.92. The highest BCUT2D eigenvalue weighted by atomic mass is 35.5. The molecule has 29 heavy (non-hydrogen) atoms. The third kappa shape index (κ3) is 4.51. The maximum Gasteiger partial charge on any atom is 0.264 e. The summed E-state index contributed by atoms with van der Waals surface area (Å²) in [6.07, 6.45) is 1.60. The van der Waals surface area contributed by atoms with E-state index in [0.717, 1.165) is 11.8 Å². The molecule has 2 aromatic carbocycles. The molecule has 0 spiro atoms. The van der Waals surface area contributed by atoms with Crippen LogP contribution in [0.15, 0.2) is 62.8 Å². The van der Waals surface area contributed by atoms with Crippen molar-refractivity contribution in [1.29, 1.82) is 0 Å². The molecule has 0 aliphatic carbocycles. The van der Waals surface area contributed by atoms with Crippen molar-refractivity contribution in [3.05, 3.63) is 80.1 Å². The maximum absolute atomic E-state index is 13.3. The van der Waals surface area contributed by atoms with Crippen molar-refractivity contribution in [3.63, 3.8) is 0 Å². The molecule has 2 heterocycles. The van der Waals surface area contributed by atoms with Crippen LogP contribution in [0.2, 0.25) is 15.1 Å². The monoisotopic (exact) mass is 466 g/mol. The zero-order valence-electron chi connectivity index (χ0n) is 14.4. The number of carbonyl (C=O) groups is 1. The topological polar surface area (TPSA) is 54.6 Å². The van der Waals surface area contributed by atoms with E-state index >= 15 is 0 Å². The normalized spacial score (nSPS) is 16.6. The second-order valence-electron chi connectivity index (χ2n) is 5.91. The minimum atomic E-state index is -0.534. The Bertz CT molecular complexity index is 1190. The van der Waals surface area contributed by atoms with Gasteiger partial charge in [-0.15, -0.1) is 0 Å². The van der Waals surface area contributed by atoms with Crippen molar-refractivity contribution >= 4 is 69.4 Å². The number of thioether (sulfide) groups is 1. The first-order valence-electron chi connectivity index (χ1n) is 8.19. The molecule has 146 valence electrons. The lowest BCUT2D eigenvalue weighted by molar-refractivity contribution is -0.115. The Morgan fingerprint density at radius 1 is 1.03 bits per heavy atom. The Labute approximate surface area is 184 Å². The third-order valence-electron chi connectivity index (χ3n) is 3.88. The molecule has 1 saturated heterocycles. The average Bonchev–Trinajstić information content (AvgIpc) is 3.27. The van der Waals surface area contributed by atoms with Crippen LogP contribution in [-0.4, -0.2) is 11.1 Å². The summed E-state index contributed by atoms with van der Waals surface area (Å²) < 4.78 is 19.0. The molecule has 9 heteroatoms. The van der Waals surface area contributed by atoms with Crippen LogP contribution in [-0.2, 0) is 4.79 Å². The number of aliphatic imine (C=N–C) groups is 1. The summed E-state index contributed by atoms with van der Waals surface area (Å²) in [5, 5.41) is 4.00. The zero-order chi connectivity index (χ0) is 20.5. The van der Waals surface area contributed by atoms with Gasteiger partial charge in [0.1, 0.15) is 17.3 Å². The number of amidine groups is 1. The highest BCUT2D eigenvalue weighted by molar-refractivity contribution is 8.18. The van der Waals surface area contributed by atoms with Crippen LogP contribution in [0, 0.1) is 5.82 Å². The standard InChI is InChI=1S/C20H10Cl3FN2O2S/c21-10-1-4-14(22)13(7-10)17-6-3-12(28-17)9-18-19(27)26-20(29-18)25-11-2-5-16(24)15(23)8-11/h1-9H,(H,25,26,27)/b18-9+. The van der Waals surface area contributed by atoms with Gasteiger partial charge in [-0.25, -0.2) is 9.38 Å². The first-order chi connectivity index (χ1) is 13.9. The van der Waals surface area contributed by atoms with Crippen LogP contribution in [0.4, 0.5) is 10.1 Å². The Hall–Kier alpha value is -2.25. The van der Waals surface area contributed by atoms with Gasteiger partial charge in [-0.2, -0.15) is 0 Å². The van der Waals surface area contributed by atoms with E-state index in [1.807, 2.05) is 0 Å². The highest BCUT2D eigenvalue weighted by Gasteiger charge is 2.24. The number of nitrogens with one attached hydrogen (secondary N) is 1. The molecule has 4 rings (SSSR count). The predicted molar refractivity (Wildman–Crippen MR) is 116 cm³/mol. The van der Waals surface area contributed by atoms with Gasteiger partial charge >= 0.3 is 0 Å². The molecule has 1 aliphatic rings. The fraction of sp³-hybridized carbons (Fsp3) is 0. The quantitative estimate of drug-likeness (QED) is 0.425. The minimum absolute atomic E-state index is 0.0419. The largest absolute Gasteiger partial charge is 0.457 e. The molecule has 1 aliphatic heterocycles. The van der Waals surface area contributed by atoms with E-state index in [1.165, 1.54) is 18.2 Å². The Morgan fingerprint density at radius 2 is 1.86 bits per heavy atom. The van der Waals surface area contributed by atoms with Crippen LogP contribution in [0.1, 0.15) is 5.76 Å². The van der Waals surface area contributed by atoms with Gasteiger partial charge in [-0.3, -0.25) is 4.79 Å². The smallest absolute Gasteiger partial charge is 0.264 e. The maximum atomic E-state index is 13.3. The fourth-order valence-electron chi connectivity index (χ4n) is 2.54. The molecule has 0 unspecified atom stereocenters. The molecule has 4 nitrogen and oxygen atoms in total. The number of furan rings is 1. The van der Waals surface area contributed by atoms with Crippen molar-refractivity contribution in [1.82, 2.24) is 5.32 Å². The van der Waals surface area contributed by atoms with Gasteiger partial charge in [0.15, 0.2) is 5.17 Å². The lowest BCUT2D eigenvalue weighted by Crippen LogP contribution is -2.19. The van der Waals surface area contributed by atoms with Crippen LogP contribution < -0.4 is 5.32 Å². The lowest BCUT2D eigenvalue weighted by Gasteiger charge is -2.01. The van der Waals surface area contributed by atoms with Gasteiger partial charge in [0, 0.05) is 16.7 Å². The van der Waals surface area contributed by atoms with E-state index < -0.39 is 5.82 Å². The second-order valence-corrected chi connectivity index (χ2v) is 8.19. The van der Waals surface area contributed by atoms with Gasteiger partial charge in [-0.1, -0.05) is 34.8 Å². The molecule has 3 aromatic rings. The Balaban J connectivity index is 1.57. The number of amides is 1. The first kappa shape index (κ1) is 20.0. The summed E-state index contributed by atoms with van der Waals surface area (Å²) in [7, 11) is 0. The predicted octanol–water partition coefficient (Wildman–Crippen LogP) is 6.94. The van der Waals surface area contributed by atoms with E-state index in [-0.39, 0.29) is 10.9 Å². The lowest BCUT2D eigenvalue weighted by atomic mass is 10.2. The average molecular weight is 468 g/mol. The van der Waals surface area contributed by atoms with E-state index in [9.17, 15) is 9.18 Å². The van der Waals surface area contributed by atoms with E-state index in [1.54, 1.807) is 36.4 Å². The number of benzene rings is 2. The molecule has 0 saturated carbocycles. The molecule has 1 amide bonds. The van der Waals surface area contributed by atoms with Gasteiger partial charge in [0.05, 0.1) is 20.6 Å². The minimum Gasteiger partial charge on any atom is -0.457 e. The number of carbonyl (C=O) groups excluding carboxylic acids is 1. The van der Waals surface area contributed by atoms with E-state index in [4.69, 9.17) is 39.2 Å². The van der Waals surface area contributed by atoms with Crippen molar-refractivity contribution in [3.8, 4) is 11.3 Å². The molecule has 1 aromatic heterocycles. The molecular formula is C20H10Cl3FN2O2S. The number of hydrogen-bond acceptors (Lipinski definition) is 4. The molecule has 0 bridgehead atoms. The molecule has 0 radical (unpaired) electrons. The number of nitrogens with zero attached hydrogens (tertiary/aromatic N) is 1.